The SMILES string of the molecule is Cc1ccc(CNC(=O)C2(C)Cn3nc(-c4cccs4)cc3C(=O)N2c2ccccc2F)cc1. The second-order valence-corrected chi connectivity index (χ2v) is 9.53. The van der Waals surface area contributed by atoms with Crippen LogP contribution in [0.15, 0.2) is 72.1 Å². The van der Waals surface area contributed by atoms with Crippen molar-refractivity contribution >= 4 is 28.8 Å². The van der Waals surface area contributed by atoms with Gasteiger partial charge < -0.3 is 5.32 Å². The van der Waals surface area contributed by atoms with Crippen molar-refractivity contribution in [2.75, 3.05) is 4.90 Å². The Morgan fingerprint density at radius 3 is 2.62 bits per heavy atom. The maximum Gasteiger partial charge on any atom is 0.277 e. The van der Waals surface area contributed by atoms with Gasteiger partial charge in [0, 0.05) is 6.54 Å². The number of fused-ring (bicyclic) bond motifs is 1. The normalized spacial score (nSPS) is 17.5. The predicted octanol–water partition coefficient (Wildman–Crippen LogP) is 4.79. The Bertz CT molecular complexity index is 1360. The number of carbonyl (C=O) groups excluding carboxylic acids is 2. The maximum atomic E-state index is 14.9. The summed E-state index contributed by atoms with van der Waals surface area (Å²) in [6.45, 7) is 4.03. The van der Waals surface area contributed by atoms with Crippen molar-refractivity contribution in [3.05, 3.63) is 94.7 Å². The van der Waals surface area contributed by atoms with Gasteiger partial charge >= 0.3 is 0 Å². The van der Waals surface area contributed by atoms with Crippen molar-refractivity contribution in [2.45, 2.75) is 32.5 Å². The van der Waals surface area contributed by atoms with Crippen molar-refractivity contribution in [1.82, 2.24) is 15.1 Å². The summed E-state index contributed by atoms with van der Waals surface area (Å²) < 4.78 is 16.5. The molecule has 1 unspecified atom stereocenters. The van der Waals surface area contributed by atoms with Crippen LogP contribution in [0.5, 0.6) is 0 Å². The summed E-state index contributed by atoms with van der Waals surface area (Å²) >= 11 is 1.51. The number of amides is 2. The molecule has 1 atom stereocenters. The second kappa shape index (κ2) is 8.53. The van der Waals surface area contributed by atoms with Gasteiger partial charge in [-0.05, 0) is 49.1 Å². The van der Waals surface area contributed by atoms with E-state index in [1.54, 1.807) is 29.8 Å². The van der Waals surface area contributed by atoms with Gasteiger partial charge in [-0.15, -0.1) is 11.3 Å². The Morgan fingerprint density at radius 2 is 1.91 bits per heavy atom. The van der Waals surface area contributed by atoms with Crippen LogP contribution in [0, 0.1) is 12.7 Å². The molecule has 2 amide bonds. The lowest BCUT2D eigenvalue weighted by molar-refractivity contribution is -0.126. The summed E-state index contributed by atoms with van der Waals surface area (Å²) in [6.07, 6.45) is 0. The molecule has 1 N–H and O–H groups in total. The molecule has 1 aliphatic rings. The van der Waals surface area contributed by atoms with E-state index in [-0.39, 0.29) is 18.1 Å². The molecule has 0 radical (unpaired) electrons. The average Bonchev–Trinajstić information content (AvgIpc) is 3.50. The number of aryl methyl sites for hydroxylation is 1. The summed E-state index contributed by atoms with van der Waals surface area (Å²) in [5.41, 5.74) is 1.69. The quantitative estimate of drug-likeness (QED) is 0.452. The summed E-state index contributed by atoms with van der Waals surface area (Å²) in [7, 11) is 0. The van der Waals surface area contributed by atoms with Gasteiger partial charge in [0.15, 0.2) is 0 Å². The van der Waals surface area contributed by atoms with Crippen LogP contribution in [0.4, 0.5) is 10.1 Å². The van der Waals surface area contributed by atoms with Crippen LogP contribution >= 0.6 is 11.3 Å². The van der Waals surface area contributed by atoms with Gasteiger partial charge in [-0.2, -0.15) is 5.10 Å². The molecule has 0 aliphatic carbocycles. The first-order valence-corrected chi connectivity index (χ1v) is 11.8. The number of rotatable bonds is 5. The lowest BCUT2D eigenvalue weighted by Gasteiger charge is -2.43. The van der Waals surface area contributed by atoms with Crippen molar-refractivity contribution < 1.29 is 14.0 Å². The van der Waals surface area contributed by atoms with Crippen LogP contribution in [0.2, 0.25) is 0 Å². The van der Waals surface area contributed by atoms with Crippen molar-refractivity contribution in [3.8, 4) is 10.6 Å². The van der Waals surface area contributed by atoms with Gasteiger partial charge in [-0.3, -0.25) is 19.2 Å². The average molecular weight is 475 g/mol. The van der Waals surface area contributed by atoms with Gasteiger partial charge in [-0.1, -0.05) is 48.0 Å². The molecular formula is C26H23FN4O2S. The van der Waals surface area contributed by atoms with Gasteiger partial charge in [0.2, 0.25) is 5.91 Å². The molecule has 6 nitrogen and oxygen atoms in total. The van der Waals surface area contributed by atoms with Crippen LogP contribution in [0.3, 0.4) is 0 Å². The third kappa shape index (κ3) is 3.80. The Hall–Kier alpha value is -3.78. The van der Waals surface area contributed by atoms with E-state index >= 15 is 0 Å². The van der Waals surface area contributed by atoms with E-state index in [0.29, 0.717) is 17.9 Å². The lowest BCUT2D eigenvalue weighted by atomic mass is 9.93. The Kier molecular flexibility index (Phi) is 5.53. The highest BCUT2D eigenvalue weighted by atomic mass is 32.1. The number of halogens is 1. The van der Waals surface area contributed by atoms with Crippen LogP contribution in [0.1, 0.15) is 28.5 Å². The van der Waals surface area contributed by atoms with Gasteiger partial charge in [0.25, 0.3) is 5.91 Å². The molecule has 2 aromatic carbocycles. The standard InChI is InChI=1S/C26H23FN4O2S/c1-17-9-11-18(12-10-17)15-28-25(33)26(2)16-30-22(14-20(29-30)23-8-5-13-34-23)24(32)31(26)21-7-4-3-6-19(21)27/h3-14H,15-16H2,1-2H3,(H,28,33). The number of nitrogens with zero attached hydrogens (tertiary/aromatic N) is 3. The van der Waals surface area contributed by atoms with E-state index in [2.05, 4.69) is 10.4 Å². The van der Waals surface area contributed by atoms with Gasteiger partial charge in [0.05, 0.1) is 17.1 Å². The zero-order chi connectivity index (χ0) is 23.9. The van der Waals surface area contributed by atoms with E-state index in [1.165, 1.54) is 28.4 Å². The van der Waals surface area contributed by atoms with Crippen LogP contribution in [0.25, 0.3) is 10.6 Å². The number of benzene rings is 2. The summed E-state index contributed by atoms with van der Waals surface area (Å²) in [5, 5.41) is 9.48. The van der Waals surface area contributed by atoms with Crippen LogP contribution < -0.4 is 10.2 Å². The Balaban J connectivity index is 1.54. The molecule has 3 heterocycles. The third-order valence-corrected chi connectivity index (χ3v) is 6.98. The minimum Gasteiger partial charge on any atom is -0.350 e. The molecule has 34 heavy (non-hydrogen) atoms. The molecule has 2 aromatic heterocycles. The molecule has 8 heteroatoms. The number of para-hydroxylation sites is 1. The fourth-order valence-electron chi connectivity index (χ4n) is 4.22. The first-order chi connectivity index (χ1) is 16.4. The molecule has 5 rings (SSSR count). The van der Waals surface area contributed by atoms with E-state index in [9.17, 15) is 14.0 Å². The lowest BCUT2D eigenvalue weighted by Crippen LogP contribution is -2.64. The fourth-order valence-corrected chi connectivity index (χ4v) is 4.90. The highest BCUT2D eigenvalue weighted by Gasteiger charge is 2.49. The van der Waals surface area contributed by atoms with E-state index in [1.807, 2.05) is 48.7 Å². The van der Waals surface area contributed by atoms with E-state index in [0.717, 1.165) is 16.0 Å². The predicted molar refractivity (Wildman–Crippen MR) is 130 cm³/mol. The topological polar surface area (TPSA) is 67.2 Å². The van der Waals surface area contributed by atoms with Gasteiger partial charge in [-0.25, -0.2) is 4.39 Å². The number of nitrogens with one attached hydrogen (secondary N) is 1. The molecule has 0 fully saturated rings. The van der Waals surface area contributed by atoms with E-state index < -0.39 is 17.3 Å². The zero-order valence-corrected chi connectivity index (χ0v) is 19.6. The summed E-state index contributed by atoms with van der Waals surface area (Å²) in [4.78, 5) is 29.5. The monoisotopic (exact) mass is 474 g/mol. The van der Waals surface area contributed by atoms with Gasteiger partial charge in [0.1, 0.15) is 22.7 Å². The molecule has 0 saturated carbocycles. The first kappa shape index (κ1) is 22.0. The molecule has 172 valence electrons. The molecule has 0 spiro atoms. The van der Waals surface area contributed by atoms with Crippen molar-refractivity contribution in [3.63, 3.8) is 0 Å². The minimum atomic E-state index is -1.39. The highest BCUT2D eigenvalue weighted by Crippen LogP contribution is 2.36. The summed E-state index contributed by atoms with van der Waals surface area (Å²) in [6, 6.07) is 19.4. The zero-order valence-electron chi connectivity index (χ0n) is 18.8. The summed E-state index contributed by atoms with van der Waals surface area (Å²) in [5.74, 6) is -1.43. The number of thiophene rings is 1. The van der Waals surface area contributed by atoms with E-state index in [4.69, 9.17) is 0 Å². The largest absolute Gasteiger partial charge is 0.350 e. The number of carbonyl (C=O) groups is 2. The minimum absolute atomic E-state index is 0.0607. The molecule has 0 saturated heterocycles. The molecular weight excluding hydrogens is 451 g/mol. The van der Waals surface area contributed by atoms with Crippen LogP contribution in [-0.2, 0) is 17.9 Å². The number of aromatic nitrogens is 2. The number of hydrogen-bond donors (Lipinski definition) is 1. The highest BCUT2D eigenvalue weighted by molar-refractivity contribution is 7.13. The maximum absolute atomic E-state index is 14.9. The van der Waals surface area contributed by atoms with Crippen molar-refractivity contribution in [1.29, 1.82) is 0 Å². The first-order valence-electron chi connectivity index (χ1n) is 10.9. The van der Waals surface area contributed by atoms with Crippen LogP contribution in [-0.4, -0.2) is 27.1 Å². The fraction of sp³-hybridized carbons (Fsp3) is 0.192. The third-order valence-electron chi connectivity index (χ3n) is 6.08. The number of anilines is 1. The molecule has 1 aliphatic heterocycles. The molecule has 4 aromatic rings. The smallest absolute Gasteiger partial charge is 0.277 e. The second-order valence-electron chi connectivity index (χ2n) is 8.58. The Labute approximate surface area is 200 Å². The number of hydrogen-bond acceptors (Lipinski definition) is 4. The molecule has 0 bridgehead atoms. The Morgan fingerprint density at radius 1 is 1.15 bits per heavy atom. The van der Waals surface area contributed by atoms with Crippen molar-refractivity contribution in [2.24, 2.45) is 0 Å².